The van der Waals surface area contributed by atoms with Crippen LogP contribution in [0.5, 0.6) is 11.5 Å². The van der Waals surface area contributed by atoms with Gasteiger partial charge in [0, 0.05) is 23.1 Å². The van der Waals surface area contributed by atoms with E-state index in [1.54, 1.807) is 12.1 Å². The Hall–Kier alpha value is -3.60. The van der Waals surface area contributed by atoms with Gasteiger partial charge in [-0.25, -0.2) is 4.79 Å². The topological polar surface area (TPSA) is 76.7 Å². The van der Waals surface area contributed by atoms with Gasteiger partial charge in [0.05, 0.1) is 5.56 Å². The van der Waals surface area contributed by atoms with Crippen LogP contribution in [-0.4, -0.2) is 10.9 Å². The lowest BCUT2D eigenvalue weighted by Gasteiger charge is -2.11. The summed E-state index contributed by atoms with van der Waals surface area (Å²) in [5.74, 6) is 0.0409. The van der Waals surface area contributed by atoms with Crippen LogP contribution in [0.25, 0.3) is 21.7 Å². The Morgan fingerprint density at radius 1 is 1.07 bits per heavy atom. The summed E-state index contributed by atoms with van der Waals surface area (Å²) in [6.07, 6.45) is 0. The van der Waals surface area contributed by atoms with Gasteiger partial charge in [0.2, 0.25) is 0 Å². The largest absolute Gasteiger partial charge is 0.507 e. The molecule has 134 valence electrons. The van der Waals surface area contributed by atoms with Gasteiger partial charge < -0.3 is 14.3 Å². The number of carbonyl (C=O) groups is 1. The van der Waals surface area contributed by atoms with Crippen LogP contribution in [0.1, 0.15) is 22.8 Å². The highest BCUT2D eigenvalue weighted by Gasteiger charge is 2.12. The summed E-state index contributed by atoms with van der Waals surface area (Å²) in [5.41, 5.74) is 0.966. The lowest BCUT2D eigenvalue weighted by atomic mass is 10.0. The fourth-order valence-electron chi connectivity index (χ4n) is 3.19. The molecule has 4 aromatic rings. The number of aromatic hydroxyl groups is 1. The predicted molar refractivity (Wildman–Crippen MR) is 102 cm³/mol. The number of hydrogen-bond acceptors (Lipinski definition) is 5. The number of rotatable bonds is 4. The fraction of sp³-hybridized carbons (Fsp3) is 0.0909. The third-order valence-corrected chi connectivity index (χ3v) is 4.46. The molecular formula is C22H16O5. The van der Waals surface area contributed by atoms with E-state index < -0.39 is 5.63 Å². The summed E-state index contributed by atoms with van der Waals surface area (Å²) in [7, 11) is 0. The number of ether oxygens (including phenoxy) is 1. The van der Waals surface area contributed by atoms with E-state index in [-0.39, 0.29) is 23.7 Å². The number of benzene rings is 3. The van der Waals surface area contributed by atoms with Gasteiger partial charge in [-0.2, -0.15) is 0 Å². The number of hydrogen-bond donors (Lipinski definition) is 1. The number of ketones is 1. The molecule has 5 heteroatoms. The van der Waals surface area contributed by atoms with Gasteiger partial charge in [-0.05, 0) is 35.9 Å². The molecule has 27 heavy (non-hydrogen) atoms. The summed E-state index contributed by atoms with van der Waals surface area (Å²) in [6, 6.07) is 17.4. The first-order valence-corrected chi connectivity index (χ1v) is 8.44. The van der Waals surface area contributed by atoms with Gasteiger partial charge in [0.25, 0.3) is 0 Å². The standard InChI is InChI=1S/C22H16O5/c1-13(23)17-8-7-16(11-19(17)24)26-12-15-10-21(25)27-20-9-6-14-4-2-3-5-18(14)22(15)20/h2-11,24H,12H2,1H3. The Balaban J connectivity index is 1.76. The van der Waals surface area contributed by atoms with Gasteiger partial charge in [-0.15, -0.1) is 0 Å². The number of carbonyl (C=O) groups excluding carboxylic acids is 1. The predicted octanol–water partition coefficient (Wildman–Crippen LogP) is 4.43. The molecule has 0 spiro atoms. The molecule has 0 amide bonds. The molecule has 0 aliphatic rings. The summed E-state index contributed by atoms with van der Waals surface area (Å²) in [5, 5.41) is 12.8. The maximum absolute atomic E-state index is 11.9. The molecule has 1 aromatic heterocycles. The van der Waals surface area contributed by atoms with Crippen molar-refractivity contribution in [1.29, 1.82) is 0 Å². The minimum atomic E-state index is -0.453. The van der Waals surface area contributed by atoms with E-state index in [4.69, 9.17) is 9.15 Å². The van der Waals surface area contributed by atoms with Gasteiger partial charge in [0.15, 0.2) is 5.78 Å². The molecule has 0 unspecified atom stereocenters. The van der Waals surface area contributed by atoms with E-state index in [1.165, 1.54) is 25.1 Å². The number of Topliss-reactive ketones (excluding diaryl/α,β-unsaturated/α-hetero) is 1. The molecule has 1 heterocycles. The van der Waals surface area contributed by atoms with Crippen LogP contribution in [0, 0.1) is 0 Å². The van der Waals surface area contributed by atoms with Crippen LogP contribution < -0.4 is 10.4 Å². The Morgan fingerprint density at radius 2 is 1.89 bits per heavy atom. The minimum absolute atomic E-state index is 0.120. The van der Waals surface area contributed by atoms with Crippen molar-refractivity contribution in [2.24, 2.45) is 0 Å². The molecule has 0 aliphatic carbocycles. The first kappa shape index (κ1) is 16.8. The van der Waals surface area contributed by atoms with Crippen molar-refractivity contribution in [3.63, 3.8) is 0 Å². The van der Waals surface area contributed by atoms with Gasteiger partial charge in [-0.1, -0.05) is 30.3 Å². The van der Waals surface area contributed by atoms with E-state index in [9.17, 15) is 14.7 Å². The SMILES string of the molecule is CC(=O)c1ccc(OCc2cc(=O)oc3ccc4ccccc4c23)cc1O. The van der Waals surface area contributed by atoms with Crippen LogP contribution in [0.15, 0.2) is 69.9 Å². The maximum atomic E-state index is 11.9. The average Bonchev–Trinajstić information content (AvgIpc) is 2.65. The fourth-order valence-corrected chi connectivity index (χ4v) is 3.19. The smallest absolute Gasteiger partial charge is 0.336 e. The molecule has 0 bridgehead atoms. The van der Waals surface area contributed by atoms with Crippen molar-refractivity contribution in [3.05, 3.63) is 82.2 Å². The van der Waals surface area contributed by atoms with Crippen molar-refractivity contribution in [3.8, 4) is 11.5 Å². The number of phenols is 1. The minimum Gasteiger partial charge on any atom is -0.507 e. The Bertz CT molecular complexity index is 1240. The quantitative estimate of drug-likeness (QED) is 0.331. The van der Waals surface area contributed by atoms with Crippen molar-refractivity contribution < 1.29 is 19.1 Å². The zero-order valence-corrected chi connectivity index (χ0v) is 14.6. The van der Waals surface area contributed by atoms with Crippen molar-refractivity contribution in [2.75, 3.05) is 0 Å². The van der Waals surface area contributed by atoms with E-state index in [0.29, 0.717) is 16.9 Å². The van der Waals surface area contributed by atoms with E-state index in [0.717, 1.165) is 16.2 Å². The third kappa shape index (κ3) is 3.15. The van der Waals surface area contributed by atoms with Crippen LogP contribution in [-0.2, 0) is 6.61 Å². The molecule has 0 aliphatic heterocycles. The van der Waals surface area contributed by atoms with Crippen LogP contribution in [0.4, 0.5) is 0 Å². The summed E-state index contributed by atoms with van der Waals surface area (Å²) in [6.45, 7) is 1.51. The first-order chi connectivity index (χ1) is 13.0. The van der Waals surface area contributed by atoms with E-state index >= 15 is 0 Å². The summed E-state index contributed by atoms with van der Waals surface area (Å²) < 4.78 is 11.1. The zero-order chi connectivity index (χ0) is 19.0. The molecule has 5 nitrogen and oxygen atoms in total. The van der Waals surface area contributed by atoms with Gasteiger partial charge >= 0.3 is 5.63 Å². The first-order valence-electron chi connectivity index (χ1n) is 8.44. The van der Waals surface area contributed by atoms with Gasteiger partial charge in [0.1, 0.15) is 23.7 Å². The monoisotopic (exact) mass is 360 g/mol. The second-order valence-corrected chi connectivity index (χ2v) is 6.27. The van der Waals surface area contributed by atoms with Crippen molar-refractivity contribution in [1.82, 2.24) is 0 Å². The second-order valence-electron chi connectivity index (χ2n) is 6.27. The van der Waals surface area contributed by atoms with Crippen molar-refractivity contribution in [2.45, 2.75) is 13.5 Å². The second kappa shape index (κ2) is 6.61. The number of fused-ring (bicyclic) bond motifs is 3. The van der Waals surface area contributed by atoms with Crippen LogP contribution >= 0.6 is 0 Å². The Labute approximate surface area is 154 Å². The zero-order valence-electron chi connectivity index (χ0n) is 14.6. The van der Waals surface area contributed by atoms with E-state index in [1.807, 2.05) is 30.3 Å². The molecule has 0 saturated carbocycles. The number of phenolic OH excluding ortho intramolecular Hbond substituents is 1. The molecule has 1 N–H and O–H groups in total. The summed E-state index contributed by atoms with van der Waals surface area (Å²) in [4.78, 5) is 23.3. The highest BCUT2D eigenvalue weighted by Crippen LogP contribution is 2.29. The maximum Gasteiger partial charge on any atom is 0.336 e. The molecule has 0 fully saturated rings. The normalized spacial score (nSPS) is 11.0. The van der Waals surface area contributed by atoms with Gasteiger partial charge in [-0.3, -0.25) is 4.79 Å². The molecule has 4 rings (SSSR count). The average molecular weight is 360 g/mol. The molecular weight excluding hydrogens is 344 g/mol. The molecule has 3 aromatic carbocycles. The Morgan fingerprint density at radius 3 is 2.67 bits per heavy atom. The summed E-state index contributed by atoms with van der Waals surface area (Å²) >= 11 is 0. The van der Waals surface area contributed by atoms with Crippen molar-refractivity contribution >= 4 is 27.5 Å². The highest BCUT2D eigenvalue weighted by molar-refractivity contribution is 6.07. The molecule has 0 saturated heterocycles. The lowest BCUT2D eigenvalue weighted by Crippen LogP contribution is -2.04. The van der Waals surface area contributed by atoms with Crippen LogP contribution in [0.2, 0.25) is 0 Å². The molecule has 0 atom stereocenters. The lowest BCUT2D eigenvalue weighted by molar-refractivity contribution is 0.101. The Kier molecular flexibility index (Phi) is 4.12. The third-order valence-electron chi connectivity index (χ3n) is 4.46. The van der Waals surface area contributed by atoms with E-state index in [2.05, 4.69) is 0 Å². The highest BCUT2D eigenvalue weighted by atomic mass is 16.5. The van der Waals surface area contributed by atoms with Crippen LogP contribution in [0.3, 0.4) is 0 Å². The molecule has 0 radical (unpaired) electrons.